The van der Waals surface area contributed by atoms with Gasteiger partial charge in [-0.25, -0.2) is 0 Å². The number of amides is 1. The third kappa shape index (κ3) is 4.56. The summed E-state index contributed by atoms with van der Waals surface area (Å²) in [4.78, 5) is 15.2. The van der Waals surface area contributed by atoms with Crippen molar-refractivity contribution < 1.29 is 9.21 Å². The van der Waals surface area contributed by atoms with Gasteiger partial charge in [0, 0.05) is 19.1 Å². The highest BCUT2D eigenvalue weighted by Gasteiger charge is 2.34. The van der Waals surface area contributed by atoms with Crippen molar-refractivity contribution in [3.05, 3.63) is 54.3 Å². The van der Waals surface area contributed by atoms with Crippen molar-refractivity contribution in [2.24, 2.45) is 5.92 Å². The molecule has 0 bridgehead atoms. The maximum absolute atomic E-state index is 13.2. The lowest BCUT2D eigenvalue weighted by molar-refractivity contribution is -0.131. The Bertz CT molecular complexity index is 935. The van der Waals surface area contributed by atoms with Crippen LogP contribution in [-0.2, 0) is 17.9 Å². The van der Waals surface area contributed by atoms with Crippen LogP contribution >= 0.6 is 11.8 Å². The first kappa shape index (κ1) is 19.8. The molecule has 7 heteroatoms. The zero-order chi connectivity index (χ0) is 20.2. The van der Waals surface area contributed by atoms with Crippen LogP contribution < -0.4 is 0 Å². The van der Waals surface area contributed by atoms with Crippen molar-refractivity contribution in [2.45, 2.75) is 51.0 Å². The molecule has 0 N–H and O–H groups in total. The molecule has 6 nitrogen and oxygen atoms in total. The largest absolute Gasteiger partial charge is 0.461 e. The summed E-state index contributed by atoms with van der Waals surface area (Å²) >= 11 is 1.44. The highest BCUT2D eigenvalue weighted by atomic mass is 32.2. The van der Waals surface area contributed by atoms with E-state index in [1.165, 1.54) is 24.6 Å². The molecule has 1 atom stereocenters. The van der Waals surface area contributed by atoms with Crippen LogP contribution in [0, 0.1) is 5.92 Å². The average molecular weight is 411 g/mol. The zero-order valence-electron chi connectivity index (χ0n) is 16.8. The minimum Gasteiger partial charge on any atom is -0.461 e. The number of carbonyl (C=O) groups excluding carboxylic acids is 1. The van der Waals surface area contributed by atoms with Gasteiger partial charge in [0.05, 0.1) is 12.0 Å². The molecule has 0 radical (unpaired) electrons. The molecule has 1 aliphatic rings. The minimum atomic E-state index is 0.142. The topological polar surface area (TPSA) is 64.2 Å². The fraction of sp³-hybridized carbons (Fsp3) is 0.409. The number of furan rings is 1. The summed E-state index contributed by atoms with van der Waals surface area (Å²) in [6.07, 6.45) is 4.05. The van der Waals surface area contributed by atoms with E-state index in [9.17, 15) is 4.79 Å². The van der Waals surface area contributed by atoms with Gasteiger partial charge in [0.1, 0.15) is 0 Å². The summed E-state index contributed by atoms with van der Waals surface area (Å²) in [6, 6.07) is 14.2. The highest BCUT2D eigenvalue weighted by molar-refractivity contribution is 7.99. The van der Waals surface area contributed by atoms with Crippen LogP contribution in [0.4, 0.5) is 0 Å². The van der Waals surface area contributed by atoms with Gasteiger partial charge in [-0.1, -0.05) is 42.1 Å². The first-order chi connectivity index (χ1) is 14.2. The fourth-order valence-electron chi connectivity index (χ4n) is 3.55. The lowest BCUT2D eigenvalue weighted by Crippen LogP contribution is -2.40. The van der Waals surface area contributed by atoms with E-state index in [4.69, 9.17) is 4.42 Å². The molecule has 1 aliphatic carbocycles. The molecule has 2 aromatic heterocycles. The van der Waals surface area contributed by atoms with Crippen molar-refractivity contribution in [1.82, 2.24) is 19.7 Å². The van der Waals surface area contributed by atoms with E-state index in [1.54, 1.807) is 6.26 Å². The summed E-state index contributed by atoms with van der Waals surface area (Å²) in [5.74, 6) is 2.49. The molecule has 152 valence electrons. The molecule has 0 aliphatic heterocycles. The Hall–Kier alpha value is -2.54. The standard InChI is InChI=1S/C22H26N4O2S/c1-3-25-21(19-10-7-13-28-19)23-24-22(25)29-15-20(27)26(16(2)18-11-12-18)14-17-8-5-4-6-9-17/h4-10,13,16,18H,3,11-12,14-15H2,1-2H3. The summed E-state index contributed by atoms with van der Waals surface area (Å²) < 4.78 is 7.45. The second-order valence-corrected chi connectivity index (χ2v) is 8.34. The Morgan fingerprint density at radius 1 is 1.24 bits per heavy atom. The maximum atomic E-state index is 13.2. The SMILES string of the molecule is CCn1c(SCC(=O)N(Cc2ccccc2)C(C)C2CC2)nnc1-c1ccco1. The number of hydrogen-bond donors (Lipinski definition) is 0. The van der Waals surface area contributed by atoms with Gasteiger partial charge in [0.25, 0.3) is 0 Å². The van der Waals surface area contributed by atoms with E-state index in [0.717, 1.165) is 10.7 Å². The molecular weight excluding hydrogens is 384 g/mol. The molecule has 0 saturated heterocycles. The summed E-state index contributed by atoms with van der Waals surface area (Å²) in [7, 11) is 0. The van der Waals surface area contributed by atoms with Crippen LogP contribution in [0.2, 0.25) is 0 Å². The Morgan fingerprint density at radius 2 is 2.03 bits per heavy atom. The number of hydrogen-bond acceptors (Lipinski definition) is 5. The van der Waals surface area contributed by atoms with Gasteiger partial charge >= 0.3 is 0 Å². The predicted octanol–water partition coefficient (Wildman–Crippen LogP) is 4.48. The van der Waals surface area contributed by atoms with Gasteiger partial charge in [-0.05, 0) is 50.3 Å². The predicted molar refractivity (Wildman–Crippen MR) is 113 cm³/mol. The van der Waals surface area contributed by atoms with Crippen molar-refractivity contribution in [3.8, 4) is 11.6 Å². The Kier molecular flexibility index (Phi) is 6.04. The summed E-state index contributed by atoms with van der Waals surface area (Å²) in [5, 5.41) is 9.30. The number of benzene rings is 1. The lowest BCUT2D eigenvalue weighted by atomic mass is 10.1. The molecule has 1 amide bonds. The molecule has 1 saturated carbocycles. The van der Waals surface area contributed by atoms with E-state index < -0.39 is 0 Å². The van der Waals surface area contributed by atoms with Crippen molar-refractivity contribution in [1.29, 1.82) is 0 Å². The third-order valence-corrected chi connectivity index (χ3v) is 6.36. The Labute approximate surface area is 175 Å². The highest BCUT2D eigenvalue weighted by Crippen LogP contribution is 2.36. The monoisotopic (exact) mass is 410 g/mol. The van der Waals surface area contributed by atoms with Crippen LogP contribution in [-0.4, -0.2) is 37.4 Å². The first-order valence-corrected chi connectivity index (χ1v) is 11.1. The molecule has 4 rings (SSSR count). The second-order valence-electron chi connectivity index (χ2n) is 7.40. The summed E-state index contributed by atoms with van der Waals surface area (Å²) in [6.45, 7) is 5.58. The van der Waals surface area contributed by atoms with E-state index in [-0.39, 0.29) is 11.9 Å². The van der Waals surface area contributed by atoms with Gasteiger partial charge in [-0.15, -0.1) is 10.2 Å². The molecule has 2 heterocycles. The molecule has 3 aromatic rings. The van der Waals surface area contributed by atoms with Crippen molar-refractivity contribution in [2.75, 3.05) is 5.75 Å². The van der Waals surface area contributed by atoms with Crippen LogP contribution in [0.1, 0.15) is 32.3 Å². The maximum Gasteiger partial charge on any atom is 0.233 e. The quantitative estimate of drug-likeness (QED) is 0.487. The molecule has 1 unspecified atom stereocenters. The van der Waals surface area contributed by atoms with Crippen molar-refractivity contribution in [3.63, 3.8) is 0 Å². The molecule has 0 spiro atoms. The number of thioether (sulfide) groups is 1. The average Bonchev–Trinajstić information content (AvgIpc) is 3.30. The van der Waals surface area contributed by atoms with E-state index >= 15 is 0 Å². The van der Waals surface area contributed by atoms with E-state index in [0.29, 0.717) is 36.3 Å². The van der Waals surface area contributed by atoms with Crippen LogP contribution in [0.25, 0.3) is 11.6 Å². The van der Waals surface area contributed by atoms with E-state index in [2.05, 4.69) is 29.3 Å². The number of rotatable bonds is 9. The van der Waals surface area contributed by atoms with Gasteiger partial charge in [0.2, 0.25) is 5.91 Å². The molecule has 1 fully saturated rings. The van der Waals surface area contributed by atoms with Crippen LogP contribution in [0.15, 0.2) is 58.3 Å². The number of nitrogens with zero attached hydrogens (tertiary/aromatic N) is 4. The van der Waals surface area contributed by atoms with Gasteiger partial charge in [-0.3, -0.25) is 9.36 Å². The van der Waals surface area contributed by atoms with Gasteiger partial charge in [-0.2, -0.15) is 0 Å². The number of aromatic nitrogens is 3. The Morgan fingerprint density at radius 3 is 2.69 bits per heavy atom. The fourth-order valence-corrected chi connectivity index (χ4v) is 4.44. The third-order valence-electron chi connectivity index (χ3n) is 5.41. The summed E-state index contributed by atoms with van der Waals surface area (Å²) in [5.41, 5.74) is 1.16. The van der Waals surface area contributed by atoms with E-state index in [1.807, 2.05) is 46.7 Å². The van der Waals surface area contributed by atoms with Crippen LogP contribution in [0.3, 0.4) is 0 Å². The molecule has 1 aromatic carbocycles. The minimum absolute atomic E-state index is 0.142. The van der Waals surface area contributed by atoms with Crippen LogP contribution in [0.5, 0.6) is 0 Å². The van der Waals surface area contributed by atoms with Crippen molar-refractivity contribution >= 4 is 17.7 Å². The first-order valence-electron chi connectivity index (χ1n) is 10.1. The molecule has 29 heavy (non-hydrogen) atoms. The zero-order valence-corrected chi connectivity index (χ0v) is 17.6. The lowest BCUT2D eigenvalue weighted by Gasteiger charge is -2.29. The smallest absolute Gasteiger partial charge is 0.233 e. The molecular formula is C22H26N4O2S. The normalized spacial score (nSPS) is 14.7. The second kappa shape index (κ2) is 8.86. The van der Waals surface area contributed by atoms with Gasteiger partial charge in [0.15, 0.2) is 16.7 Å². The number of carbonyl (C=O) groups is 1. The van der Waals surface area contributed by atoms with Gasteiger partial charge < -0.3 is 9.32 Å². The Balaban J connectivity index is 1.46.